The summed E-state index contributed by atoms with van der Waals surface area (Å²) in [7, 11) is -4.64. The van der Waals surface area contributed by atoms with Gasteiger partial charge in [-0.2, -0.15) is 10.4 Å². The molecule has 0 aliphatic carbocycles. The molecule has 1 saturated heterocycles. The van der Waals surface area contributed by atoms with Crippen LogP contribution in [0.1, 0.15) is 66.6 Å². The van der Waals surface area contributed by atoms with E-state index in [0.717, 1.165) is 12.5 Å². The highest BCUT2D eigenvalue weighted by atomic mass is 31.2. The first-order chi connectivity index (χ1) is 23.4. The summed E-state index contributed by atoms with van der Waals surface area (Å²) in [6.07, 6.45) is -3.31. The molecular formula is C33H42N5O11P. The molecule has 0 spiro atoms. The van der Waals surface area contributed by atoms with Crippen molar-refractivity contribution in [3.63, 3.8) is 0 Å². The van der Waals surface area contributed by atoms with Crippen LogP contribution in [0.4, 0.5) is 5.82 Å². The number of fused-ring (bicyclic) bond motifs is 1. The minimum atomic E-state index is -4.64. The van der Waals surface area contributed by atoms with Gasteiger partial charge >= 0.3 is 25.7 Å². The third-order valence-corrected chi connectivity index (χ3v) is 9.00. The number of carbonyl (C=O) groups is 3. The Balaban J connectivity index is 1.77. The summed E-state index contributed by atoms with van der Waals surface area (Å²) in [6.45, 7) is 12.1. The summed E-state index contributed by atoms with van der Waals surface area (Å²) in [5.74, 6) is -3.26. The number of nitrogen functional groups attached to an aromatic ring is 1. The number of aromatic nitrogens is 3. The van der Waals surface area contributed by atoms with Gasteiger partial charge in [-0.1, -0.05) is 60.6 Å². The van der Waals surface area contributed by atoms with Crippen molar-refractivity contribution >= 4 is 37.1 Å². The lowest BCUT2D eigenvalue weighted by Crippen LogP contribution is -2.47. The van der Waals surface area contributed by atoms with Crippen LogP contribution in [0.5, 0.6) is 5.75 Å². The predicted molar refractivity (Wildman–Crippen MR) is 176 cm³/mol. The molecule has 1 aliphatic heterocycles. The van der Waals surface area contributed by atoms with Crippen LogP contribution >= 0.6 is 7.82 Å². The van der Waals surface area contributed by atoms with Crippen molar-refractivity contribution in [2.24, 2.45) is 11.8 Å². The van der Waals surface area contributed by atoms with Crippen molar-refractivity contribution in [2.75, 3.05) is 19.1 Å². The fraction of sp³-hybridized carbons (Fsp3) is 0.515. The van der Waals surface area contributed by atoms with E-state index >= 15 is 0 Å². The van der Waals surface area contributed by atoms with Crippen LogP contribution in [-0.4, -0.2) is 64.2 Å². The van der Waals surface area contributed by atoms with Crippen LogP contribution in [0.2, 0.25) is 0 Å². The van der Waals surface area contributed by atoms with Crippen molar-refractivity contribution in [1.82, 2.24) is 14.6 Å². The molecule has 1 aromatic carbocycles. The van der Waals surface area contributed by atoms with E-state index in [1.54, 1.807) is 58.0 Å². The fourth-order valence-electron chi connectivity index (χ4n) is 4.91. The molecule has 5 atom stereocenters. The lowest BCUT2D eigenvalue weighted by Gasteiger charge is -2.29. The minimum absolute atomic E-state index is 0.0724. The van der Waals surface area contributed by atoms with Crippen molar-refractivity contribution in [3.8, 4) is 11.8 Å². The molecule has 2 N–H and O–H groups in total. The molecule has 50 heavy (non-hydrogen) atoms. The maximum Gasteiger partial charge on any atom is 0.533 e. The maximum absolute atomic E-state index is 14.1. The van der Waals surface area contributed by atoms with Crippen molar-refractivity contribution in [1.29, 1.82) is 5.26 Å². The third-order valence-electron chi connectivity index (χ3n) is 7.68. The predicted octanol–water partition coefficient (Wildman–Crippen LogP) is 4.60. The second-order valence-corrected chi connectivity index (χ2v) is 14.8. The monoisotopic (exact) mass is 715 g/mol. The summed E-state index contributed by atoms with van der Waals surface area (Å²) in [5.41, 5.74) is 5.06. The molecular weight excluding hydrogens is 673 g/mol. The molecule has 16 nitrogen and oxygen atoms in total. The van der Waals surface area contributed by atoms with Gasteiger partial charge in [-0.05, 0) is 35.2 Å². The summed E-state index contributed by atoms with van der Waals surface area (Å²) in [5, 5.41) is 15.0. The number of rotatable bonds is 13. The van der Waals surface area contributed by atoms with E-state index < -0.39 is 74.9 Å². The number of hydrogen-bond acceptors (Lipinski definition) is 15. The Morgan fingerprint density at radius 1 is 1.04 bits per heavy atom. The number of phosphoric ester groups is 1. The number of carbonyl (C=O) groups excluding carboxylic acids is 3. The Kier molecular flexibility index (Phi) is 11.6. The number of nitrogens with two attached hydrogens (primary N) is 1. The van der Waals surface area contributed by atoms with Gasteiger partial charge in [-0.15, -0.1) is 0 Å². The van der Waals surface area contributed by atoms with Crippen molar-refractivity contribution < 1.29 is 51.5 Å². The zero-order valence-corrected chi connectivity index (χ0v) is 30.0. The van der Waals surface area contributed by atoms with Crippen LogP contribution in [0, 0.1) is 23.2 Å². The van der Waals surface area contributed by atoms with Gasteiger partial charge in [0.1, 0.15) is 29.8 Å². The topological polar surface area (TPSA) is 213 Å². The van der Waals surface area contributed by atoms with Gasteiger partial charge in [0, 0.05) is 6.92 Å². The number of esters is 3. The third kappa shape index (κ3) is 8.42. The molecule has 0 radical (unpaired) electrons. The van der Waals surface area contributed by atoms with E-state index in [0.29, 0.717) is 5.52 Å². The van der Waals surface area contributed by atoms with Crippen molar-refractivity contribution in [3.05, 3.63) is 54.0 Å². The summed E-state index contributed by atoms with van der Waals surface area (Å²) in [4.78, 5) is 41.6. The second kappa shape index (κ2) is 15.1. The molecule has 270 valence electrons. The first kappa shape index (κ1) is 38.3. The summed E-state index contributed by atoms with van der Waals surface area (Å²) in [6, 6.07) is 11.8. The van der Waals surface area contributed by atoms with Gasteiger partial charge < -0.3 is 29.2 Å². The second-order valence-electron chi connectivity index (χ2n) is 13.2. The Hall–Kier alpha value is -4.55. The molecule has 1 unspecified atom stereocenters. The van der Waals surface area contributed by atoms with Gasteiger partial charge in [-0.3, -0.25) is 18.9 Å². The van der Waals surface area contributed by atoms with E-state index in [9.17, 15) is 24.2 Å². The number of phosphoric acid groups is 1. The smallest absolute Gasteiger partial charge is 0.455 e. The number of ether oxygens (including phenoxy) is 4. The molecule has 2 aromatic heterocycles. The zero-order valence-electron chi connectivity index (χ0n) is 29.1. The van der Waals surface area contributed by atoms with Crippen LogP contribution in [0.15, 0.2) is 42.7 Å². The Labute approximate surface area is 289 Å². The Morgan fingerprint density at radius 2 is 1.68 bits per heavy atom. The number of anilines is 1. The molecule has 17 heteroatoms. The molecule has 0 bridgehead atoms. The molecule has 0 saturated carbocycles. The lowest BCUT2D eigenvalue weighted by molar-refractivity contribution is -0.173. The zero-order chi connectivity index (χ0) is 37.0. The number of nitrogens with zero attached hydrogens (tertiary/aromatic N) is 4. The standard InChI is InChI=1S/C33H42N5O11P/c1-19(2)30(40)46-27-25(15-44-50(42,45-18-43-21(5)39)49-23-11-9-22(10-12-23)32(6,7)8)48-33(16-34,28(27)47-31(41)20(3)4)26-14-13-24-29(35)36-17-37-38(24)26/h9-14,17,19-20,25,27-28H,15,18H2,1-8H3,(H2,35,36,37)/t25-,27-,28-,33+,50?/m1/s1. The lowest BCUT2D eigenvalue weighted by atomic mass is 9.87. The highest BCUT2D eigenvalue weighted by molar-refractivity contribution is 7.48. The van der Waals surface area contributed by atoms with E-state index in [1.807, 2.05) is 20.8 Å². The SMILES string of the molecule is CC(=O)OCOP(=O)(OC[C@H]1O[C@@](C#N)(c2ccc3c(N)ncnn23)[C@H](OC(=O)C(C)C)[C@@H]1OC(=O)C(C)C)Oc1ccc(C(C)(C)C)cc1. The maximum atomic E-state index is 14.1. The van der Waals surface area contributed by atoms with Gasteiger partial charge in [0.2, 0.25) is 12.4 Å². The van der Waals surface area contributed by atoms with Gasteiger partial charge in [0.05, 0.1) is 24.1 Å². The molecule has 3 aromatic rings. The van der Waals surface area contributed by atoms with E-state index in [2.05, 4.69) is 16.2 Å². The van der Waals surface area contributed by atoms with Crippen LogP contribution in [-0.2, 0) is 58.0 Å². The summed E-state index contributed by atoms with van der Waals surface area (Å²) < 4.78 is 54.9. The van der Waals surface area contributed by atoms with E-state index in [4.69, 9.17) is 38.3 Å². The van der Waals surface area contributed by atoms with Gasteiger partial charge in [0.25, 0.3) is 0 Å². The van der Waals surface area contributed by atoms with E-state index in [-0.39, 0.29) is 22.7 Å². The van der Waals surface area contributed by atoms with Crippen LogP contribution in [0.25, 0.3) is 5.52 Å². The highest BCUT2D eigenvalue weighted by Gasteiger charge is 2.63. The average Bonchev–Trinajstić information content (AvgIpc) is 3.60. The fourth-order valence-corrected chi connectivity index (χ4v) is 5.98. The Bertz CT molecular complexity index is 1800. The number of benzene rings is 1. The van der Waals surface area contributed by atoms with Crippen LogP contribution < -0.4 is 10.3 Å². The van der Waals surface area contributed by atoms with Gasteiger partial charge in [-0.25, -0.2) is 18.6 Å². The Morgan fingerprint density at radius 3 is 2.26 bits per heavy atom. The van der Waals surface area contributed by atoms with Gasteiger partial charge in [0.15, 0.2) is 18.0 Å². The number of hydrogen-bond donors (Lipinski definition) is 1. The van der Waals surface area contributed by atoms with E-state index in [1.165, 1.54) is 16.9 Å². The normalized spacial score (nSPS) is 21.8. The average molecular weight is 716 g/mol. The molecule has 1 fully saturated rings. The molecule has 1 aliphatic rings. The van der Waals surface area contributed by atoms with Crippen molar-refractivity contribution in [2.45, 2.75) is 84.7 Å². The highest BCUT2D eigenvalue weighted by Crippen LogP contribution is 2.51. The molecule has 0 amide bonds. The largest absolute Gasteiger partial charge is 0.533 e. The summed E-state index contributed by atoms with van der Waals surface area (Å²) >= 11 is 0. The first-order valence-corrected chi connectivity index (χ1v) is 17.3. The quantitative estimate of drug-likeness (QED) is 0.111. The van der Waals surface area contributed by atoms with Crippen LogP contribution in [0.3, 0.4) is 0 Å². The number of nitriles is 1. The molecule has 4 rings (SSSR count). The first-order valence-electron chi connectivity index (χ1n) is 15.8. The minimum Gasteiger partial charge on any atom is -0.455 e. The molecule has 3 heterocycles.